The number of imidazole rings is 1. The van der Waals surface area contributed by atoms with Gasteiger partial charge in [0, 0.05) is 28.8 Å². The van der Waals surface area contributed by atoms with Crippen LogP contribution in [0.3, 0.4) is 0 Å². The number of benzene rings is 1. The van der Waals surface area contributed by atoms with Crippen LogP contribution in [0.25, 0.3) is 27.8 Å². The van der Waals surface area contributed by atoms with Gasteiger partial charge in [0.25, 0.3) is 0 Å². The Morgan fingerprint density at radius 3 is 2.72 bits per heavy atom. The molecule has 4 aromatic rings. The van der Waals surface area contributed by atoms with Crippen LogP contribution in [0.4, 0.5) is 14.6 Å². The van der Waals surface area contributed by atoms with Crippen molar-refractivity contribution in [2.45, 2.75) is 51.1 Å². The Hall–Kier alpha value is -2.96. The van der Waals surface area contributed by atoms with Crippen molar-refractivity contribution >= 4 is 50.9 Å². The summed E-state index contributed by atoms with van der Waals surface area (Å²) < 4.78 is 45.5. The van der Waals surface area contributed by atoms with Crippen LogP contribution in [0.15, 0.2) is 24.8 Å². The summed E-state index contributed by atoms with van der Waals surface area (Å²) in [5, 5.41) is 9.90. The summed E-state index contributed by atoms with van der Waals surface area (Å²) in [7, 11) is -1.44. The van der Waals surface area contributed by atoms with Crippen LogP contribution in [-0.2, 0) is 15.8 Å². The molecule has 36 heavy (non-hydrogen) atoms. The molecule has 2 unspecified atom stereocenters. The summed E-state index contributed by atoms with van der Waals surface area (Å²) in [4.78, 5) is 20.7. The molecular weight excluding hydrogens is 512 g/mol. The maximum Gasteiger partial charge on any atom is 0.231 e. The lowest BCUT2D eigenvalue weighted by Gasteiger charge is -2.23. The molecule has 1 saturated carbocycles. The summed E-state index contributed by atoms with van der Waals surface area (Å²) in [6.45, 7) is 7.16. The van der Waals surface area contributed by atoms with Gasteiger partial charge < -0.3 is 9.72 Å². The lowest BCUT2D eigenvalue weighted by atomic mass is 9.99. The van der Waals surface area contributed by atoms with Crippen LogP contribution < -0.4 is 10.0 Å². The van der Waals surface area contributed by atoms with Crippen LogP contribution in [0.5, 0.6) is 0 Å². The highest BCUT2D eigenvalue weighted by atomic mass is 35.5. The molecule has 1 aliphatic rings. The number of carbonyl (C=O) groups is 1. The summed E-state index contributed by atoms with van der Waals surface area (Å²) in [5.74, 6) is -1.49. The van der Waals surface area contributed by atoms with Gasteiger partial charge in [0.2, 0.25) is 5.91 Å². The monoisotopic (exact) mass is 535 g/mol. The van der Waals surface area contributed by atoms with E-state index in [1.807, 2.05) is 20.8 Å². The number of amides is 1. The minimum Gasteiger partial charge on any atom is -0.309 e. The van der Waals surface area contributed by atoms with Crippen molar-refractivity contribution in [2.75, 3.05) is 5.32 Å². The van der Waals surface area contributed by atoms with Gasteiger partial charge in [0.15, 0.2) is 11.5 Å². The van der Waals surface area contributed by atoms with Gasteiger partial charge in [-0.1, -0.05) is 11.6 Å². The van der Waals surface area contributed by atoms with Crippen LogP contribution in [-0.4, -0.2) is 45.6 Å². The molecule has 9 nitrogen and oxygen atoms in total. The molecule has 13 heteroatoms. The summed E-state index contributed by atoms with van der Waals surface area (Å²) in [5.41, 5.74) is 1.73. The quantitative estimate of drug-likeness (QED) is 0.337. The Bertz CT molecular complexity index is 1530. The molecule has 5 rings (SSSR count). The van der Waals surface area contributed by atoms with E-state index < -0.39 is 45.6 Å². The largest absolute Gasteiger partial charge is 0.309 e. The Morgan fingerprint density at radius 2 is 2.06 bits per heavy atom. The second kappa shape index (κ2) is 8.86. The number of rotatable bonds is 6. The predicted octanol–water partition coefficient (Wildman–Crippen LogP) is 4.47. The van der Waals surface area contributed by atoms with Gasteiger partial charge in [-0.05, 0) is 34.1 Å². The average Bonchev–Trinajstić information content (AvgIpc) is 3.16. The van der Waals surface area contributed by atoms with E-state index in [2.05, 4.69) is 30.2 Å². The number of hydrogen-bond acceptors (Lipinski definition) is 5. The Kier molecular flexibility index (Phi) is 6.08. The second-order valence-corrected chi connectivity index (χ2v) is 12.2. The minimum absolute atomic E-state index is 0.155. The van der Waals surface area contributed by atoms with Crippen molar-refractivity contribution in [3.8, 4) is 11.3 Å². The highest BCUT2D eigenvalue weighted by Gasteiger charge is 2.43. The molecule has 190 valence electrons. The Morgan fingerprint density at radius 1 is 1.33 bits per heavy atom. The molecule has 4 atom stereocenters. The first kappa shape index (κ1) is 24.7. The van der Waals surface area contributed by atoms with Crippen LogP contribution in [0, 0.1) is 11.7 Å². The Labute approximate surface area is 212 Å². The van der Waals surface area contributed by atoms with E-state index in [-0.39, 0.29) is 22.8 Å². The van der Waals surface area contributed by atoms with Gasteiger partial charge in [-0.15, -0.1) is 0 Å². The maximum absolute atomic E-state index is 15.7. The smallest absolute Gasteiger partial charge is 0.231 e. The van der Waals surface area contributed by atoms with Gasteiger partial charge in [-0.25, -0.2) is 22.7 Å². The van der Waals surface area contributed by atoms with Crippen molar-refractivity contribution in [3.63, 3.8) is 0 Å². The zero-order valence-electron chi connectivity index (χ0n) is 19.9. The van der Waals surface area contributed by atoms with E-state index in [9.17, 15) is 13.4 Å². The van der Waals surface area contributed by atoms with Gasteiger partial charge in [0.05, 0.1) is 56.5 Å². The molecular formula is C23H24ClF2N7O2S. The molecule has 3 aromatic heterocycles. The number of carbonyl (C=O) groups excluding carboxylic acids is 1. The summed E-state index contributed by atoms with van der Waals surface area (Å²) in [6, 6.07) is -0.634. The fourth-order valence-corrected chi connectivity index (χ4v) is 5.03. The average molecular weight is 536 g/mol. The van der Waals surface area contributed by atoms with Crippen molar-refractivity contribution in [1.29, 1.82) is 0 Å². The van der Waals surface area contributed by atoms with Gasteiger partial charge >= 0.3 is 0 Å². The Balaban J connectivity index is 1.53. The van der Waals surface area contributed by atoms with E-state index in [0.29, 0.717) is 27.8 Å². The topological polar surface area (TPSA) is 117 Å². The molecule has 0 spiro atoms. The van der Waals surface area contributed by atoms with Crippen LogP contribution >= 0.6 is 11.6 Å². The summed E-state index contributed by atoms with van der Waals surface area (Å²) in [6.07, 6.45) is 5.26. The highest BCUT2D eigenvalue weighted by molar-refractivity contribution is 7.84. The number of hydrogen-bond donors (Lipinski definition) is 3. The first-order chi connectivity index (χ1) is 17.0. The number of halogens is 3. The van der Waals surface area contributed by atoms with Crippen molar-refractivity contribution < 1.29 is 17.8 Å². The molecule has 3 heterocycles. The zero-order chi connectivity index (χ0) is 25.9. The van der Waals surface area contributed by atoms with Gasteiger partial charge in [0.1, 0.15) is 12.0 Å². The molecule has 1 fully saturated rings. The van der Waals surface area contributed by atoms with E-state index >= 15 is 4.39 Å². The highest BCUT2D eigenvalue weighted by Crippen LogP contribution is 2.40. The van der Waals surface area contributed by atoms with E-state index in [0.717, 1.165) is 0 Å². The number of aromatic nitrogens is 5. The molecule has 0 saturated heterocycles. The number of anilines is 1. The second-order valence-electron chi connectivity index (χ2n) is 9.81. The van der Waals surface area contributed by atoms with Crippen molar-refractivity contribution in [3.05, 3.63) is 41.2 Å². The molecule has 0 aliphatic heterocycles. The molecule has 1 aromatic carbocycles. The molecule has 0 radical (unpaired) electrons. The molecule has 3 N–H and O–H groups in total. The van der Waals surface area contributed by atoms with Crippen LogP contribution in [0.2, 0.25) is 5.02 Å². The molecule has 1 amide bonds. The minimum atomic E-state index is -1.44. The lowest BCUT2D eigenvalue weighted by Crippen LogP contribution is -2.35. The SMILES string of the molecule is C[C@@H](N[S@](=O)C(C)(C)C)c1c(F)c(Cl)c(-c2cn3cc(NC(=O)C4CC4F)nc3cn2)c2cn[nH]c12. The lowest BCUT2D eigenvalue weighted by molar-refractivity contribution is -0.117. The van der Waals surface area contributed by atoms with Crippen molar-refractivity contribution in [1.82, 2.24) is 29.3 Å². The van der Waals surface area contributed by atoms with Gasteiger partial charge in [-0.2, -0.15) is 5.10 Å². The number of fused-ring (bicyclic) bond motifs is 2. The van der Waals surface area contributed by atoms with E-state index in [4.69, 9.17) is 11.6 Å². The van der Waals surface area contributed by atoms with Crippen LogP contribution in [0.1, 0.15) is 45.7 Å². The molecule has 0 bridgehead atoms. The zero-order valence-corrected chi connectivity index (χ0v) is 21.5. The number of alkyl halides is 1. The van der Waals surface area contributed by atoms with E-state index in [1.165, 1.54) is 12.4 Å². The number of nitrogens with one attached hydrogen (secondary N) is 3. The third kappa shape index (κ3) is 4.37. The standard InChI is InChI=1S/C23H24ClF2N7O2S/c1-10(32-36(35)23(2,3)4)17-20(26)19(24)18(12-6-28-31-21(12)17)14-8-33-9-15(29-16(33)7-27-14)30-22(34)11-5-13(11)25/h6-11,13,32H,5H2,1-4H3,(H,28,31)(H,30,34)/t10-,11?,13?,36-/m1/s1. The fourth-order valence-electron chi connectivity index (χ4n) is 3.93. The molecule has 1 aliphatic carbocycles. The van der Waals surface area contributed by atoms with Gasteiger partial charge in [-0.3, -0.25) is 14.9 Å². The third-order valence-corrected chi connectivity index (χ3v) is 8.03. The first-order valence-corrected chi connectivity index (χ1v) is 12.8. The first-order valence-electron chi connectivity index (χ1n) is 11.3. The number of nitrogens with zero attached hydrogens (tertiary/aromatic N) is 4. The predicted molar refractivity (Wildman–Crippen MR) is 134 cm³/mol. The third-order valence-electron chi connectivity index (χ3n) is 6.00. The number of aromatic amines is 1. The summed E-state index contributed by atoms with van der Waals surface area (Å²) >= 11 is 6.54. The fraction of sp³-hybridized carbons (Fsp3) is 0.391. The van der Waals surface area contributed by atoms with E-state index in [1.54, 1.807) is 23.7 Å². The normalized spacial score (nSPS) is 19.5. The number of H-pyrrole nitrogens is 1. The van der Waals surface area contributed by atoms with Crippen molar-refractivity contribution in [2.24, 2.45) is 5.92 Å². The maximum atomic E-state index is 15.7.